The first kappa shape index (κ1) is 30.2. The van der Waals surface area contributed by atoms with Crippen molar-refractivity contribution in [3.8, 4) is 0 Å². The van der Waals surface area contributed by atoms with Crippen LogP contribution in [0.15, 0.2) is 12.4 Å². The summed E-state index contributed by atoms with van der Waals surface area (Å²) in [7, 11) is 1.41. The third-order valence-corrected chi connectivity index (χ3v) is 7.52. The Balaban J connectivity index is 1.67. The number of carbonyl (C=O) groups is 2. The Bertz CT molecular complexity index is 963. The Morgan fingerprint density at radius 1 is 1.16 bits per heavy atom. The Labute approximate surface area is 228 Å². The van der Waals surface area contributed by atoms with Crippen LogP contribution in [-0.4, -0.2) is 83.0 Å². The van der Waals surface area contributed by atoms with Gasteiger partial charge in [0.2, 0.25) is 11.9 Å². The van der Waals surface area contributed by atoms with E-state index >= 15 is 0 Å². The molecule has 0 unspecified atom stereocenters. The number of hydrogen-bond acceptors (Lipinski definition) is 8. The number of likely N-dealkylation sites (N-methyl/N-ethyl adjacent to an activating group) is 1. The molecule has 2 atom stereocenters. The van der Waals surface area contributed by atoms with Gasteiger partial charge in [-0.1, -0.05) is 13.8 Å². The minimum absolute atomic E-state index is 0.0192. The van der Waals surface area contributed by atoms with E-state index < -0.39 is 36.1 Å². The van der Waals surface area contributed by atoms with Gasteiger partial charge in [-0.3, -0.25) is 4.79 Å². The molecule has 1 aromatic heterocycles. The van der Waals surface area contributed by atoms with Gasteiger partial charge >= 0.3 is 13.2 Å². The number of aromatic nitrogens is 2. The van der Waals surface area contributed by atoms with Crippen LogP contribution in [0.5, 0.6) is 0 Å². The summed E-state index contributed by atoms with van der Waals surface area (Å²) in [5.41, 5.74) is -0.737. The van der Waals surface area contributed by atoms with Crippen molar-refractivity contribution >= 4 is 30.5 Å². The highest BCUT2D eigenvalue weighted by Crippen LogP contribution is 2.36. The molecule has 11 heteroatoms. The van der Waals surface area contributed by atoms with E-state index in [9.17, 15) is 9.59 Å². The van der Waals surface area contributed by atoms with Crippen molar-refractivity contribution in [1.82, 2.24) is 20.2 Å². The molecule has 0 saturated carbocycles. The van der Waals surface area contributed by atoms with Crippen LogP contribution in [0.1, 0.15) is 81.6 Å². The number of rotatable bonds is 7. The molecule has 0 bridgehead atoms. The number of alkyl carbamates (subject to hydrolysis) is 1. The second kappa shape index (κ2) is 11.4. The maximum atomic E-state index is 13.6. The largest absolute Gasteiger partial charge is 0.498 e. The number of hydrogen-bond donors (Lipinski definition) is 1. The van der Waals surface area contributed by atoms with E-state index in [0.717, 1.165) is 24.7 Å². The fourth-order valence-corrected chi connectivity index (χ4v) is 4.63. The SMILES string of the molecule is CC(C)[C@H](NC(=O)OC(C)(C)C)C(=O)N1CCCC[C@@H]1CN(C)c1ncc(B2OC(C)(C)C(C)(C)O2)cn1. The molecule has 0 spiro atoms. The lowest BCUT2D eigenvalue weighted by Crippen LogP contribution is -2.57. The van der Waals surface area contributed by atoms with Crippen molar-refractivity contribution in [2.24, 2.45) is 5.92 Å². The van der Waals surface area contributed by atoms with Crippen molar-refractivity contribution in [3.05, 3.63) is 12.4 Å². The Kier molecular flexibility index (Phi) is 9.03. The van der Waals surface area contributed by atoms with Crippen molar-refractivity contribution in [1.29, 1.82) is 0 Å². The number of nitrogens with zero attached hydrogens (tertiary/aromatic N) is 4. The average Bonchev–Trinajstić information content (AvgIpc) is 3.03. The highest BCUT2D eigenvalue weighted by molar-refractivity contribution is 6.61. The average molecular weight is 532 g/mol. The van der Waals surface area contributed by atoms with Gasteiger partial charge in [0.25, 0.3) is 0 Å². The molecule has 2 amide bonds. The smallest absolute Gasteiger partial charge is 0.444 e. The molecular formula is C27H46BN5O5. The molecular weight excluding hydrogens is 485 g/mol. The van der Waals surface area contributed by atoms with Crippen LogP contribution in [-0.2, 0) is 18.8 Å². The van der Waals surface area contributed by atoms with Gasteiger partial charge in [-0.25, -0.2) is 14.8 Å². The van der Waals surface area contributed by atoms with Gasteiger partial charge in [-0.05, 0) is 73.6 Å². The minimum Gasteiger partial charge on any atom is -0.444 e. The van der Waals surface area contributed by atoms with Crippen LogP contribution in [0.25, 0.3) is 0 Å². The fraction of sp³-hybridized carbons (Fsp3) is 0.778. The van der Waals surface area contributed by atoms with Crippen molar-refractivity contribution < 1.29 is 23.6 Å². The number of carbonyl (C=O) groups excluding carboxylic acids is 2. The van der Waals surface area contributed by atoms with Gasteiger partial charge in [0.05, 0.1) is 11.2 Å². The maximum absolute atomic E-state index is 13.6. The quantitative estimate of drug-likeness (QED) is 0.535. The molecule has 0 radical (unpaired) electrons. The second-order valence-electron chi connectivity index (χ2n) is 12.8. The number of ether oxygens (including phenoxy) is 1. The summed E-state index contributed by atoms with van der Waals surface area (Å²) in [5, 5.41) is 2.81. The molecule has 3 heterocycles. The van der Waals surface area contributed by atoms with Gasteiger partial charge in [0, 0.05) is 44.0 Å². The zero-order valence-corrected chi connectivity index (χ0v) is 24.8. The molecule has 1 aromatic rings. The Morgan fingerprint density at radius 2 is 1.74 bits per heavy atom. The van der Waals surface area contributed by atoms with E-state index in [2.05, 4.69) is 15.3 Å². The lowest BCUT2D eigenvalue weighted by Gasteiger charge is -2.40. The number of amides is 2. The monoisotopic (exact) mass is 531 g/mol. The predicted octanol–water partition coefficient (Wildman–Crippen LogP) is 3.14. The number of nitrogens with one attached hydrogen (secondary N) is 1. The first-order valence-corrected chi connectivity index (χ1v) is 13.7. The van der Waals surface area contributed by atoms with Gasteiger partial charge in [-0.2, -0.15) is 0 Å². The van der Waals surface area contributed by atoms with Gasteiger partial charge < -0.3 is 29.2 Å². The molecule has 2 aliphatic heterocycles. The molecule has 0 aromatic carbocycles. The molecule has 212 valence electrons. The normalized spacial score (nSPS) is 21.8. The minimum atomic E-state index is -0.661. The van der Waals surface area contributed by atoms with Crippen LogP contribution in [0.2, 0.25) is 0 Å². The third-order valence-electron chi connectivity index (χ3n) is 7.52. The van der Waals surface area contributed by atoms with Crippen molar-refractivity contribution in [2.75, 3.05) is 25.0 Å². The van der Waals surface area contributed by atoms with E-state index in [1.54, 1.807) is 33.2 Å². The van der Waals surface area contributed by atoms with E-state index in [0.29, 0.717) is 19.0 Å². The van der Waals surface area contributed by atoms with E-state index in [4.69, 9.17) is 14.0 Å². The molecule has 2 saturated heterocycles. The van der Waals surface area contributed by atoms with Gasteiger partial charge in [0.1, 0.15) is 11.6 Å². The first-order valence-electron chi connectivity index (χ1n) is 13.7. The highest BCUT2D eigenvalue weighted by atomic mass is 16.7. The van der Waals surface area contributed by atoms with E-state index in [-0.39, 0.29) is 17.9 Å². The first-order chi connectivity index (χ1) is 17.5. The zero-order valence-electron chi connectivity index (χ0n) is 24.8. The standard InChI is InChI=1S/C27H46BN5O5/c1-18(2)21(31-24(35)36-25(3,4)5)22(34)33-14-12-11-13-20(33)17-32(10)23-29-15-19(16-30-23)28-37-26(6,7)27(8,9)38-28/h15-16,18,20-21H,11-14,17H2,1-10H3,(H,31,35)/t20-,21+/m1/s1. The summed E-state index contributed by atoms with van der Waals surface area (Å²) >= 11 is 0. The lowest BCUT2D eigenvalue weighted by molar-refractivity contribution is -0.138. The summed E-state index contributed by atoms with van der Waals surface area (Å²) < 4.78 is 17.6. The summed E-state index contributed by atoms with van der Waals surface area (Å²) in [5.74, 6) is 0.401. The van der Waals surface area contributed by atoms with Crippen molar-refractivity contribution in [3.63, 3.8) is 0 Å². The predicted molar refractivity (Wildman–Crippen MR) is 148 cm³/mol. The molecule has 2 fully saturated rings. The summed E-state index contributed by atoms with van der Waals surface area (Å²) in [6, 6.07) is -0.680. The van der Waals surface area contributed by atoms with Crippen LogP contribution >= 0.6 is 0 Å². The lowest BCUT2D eigenvalue weighted by atomic mass is 9.81. The molecule has 10 nitrogen and oxygen atoms in total. The highest BCUT2D eigenvalue weighted by Gasteiger charge is 2.52. The zero-order chi connectivity index (χ0) is 28.5. The number of likely N-dealkylation sites (tertiary alicyclic amines) is 1. The third kappa shape index (κ3) is 7.17. The number of piperidine rings is 1. The van der Waals surface area contributed by atoms with Gasteiger partial charge in [0.15, 0.2) is 0 Å². The Morgan fingerprint density at radius 3 is 2.26 bits per heavy atom. The van der Waals surface area contributed by atoms with Crippen LogP contribution in [0.3, 0.4) is 0 Å². The number of anilines is 1. The van der Waals surface area contributed by atoms with Crippen LogP contribution in [0, 0.1) is 5.92 Å². The Hall–Kier alpha value is -2.40. The topological polar surface area (TPSA) is 106 Å². The molecule has 2 aliphatic rings. The fourth-order valence-electron chi connectivity index (χ4n) is 4.63. The van der Waals surface area contributed by atoms with Crippen LogP contribution in [0.4, 0.5) is 10.7 Å². The van der Waals surface area contributed by atoms with Crippen LogP contribution < -0.4 is 15.7 Å². The van der Waals surface area contributed by atoms with E-state index in [1.165, 1.54) is 0 Å². The summed E-state index contributed by atoms with van der Waals surface area (Å²) in [6.07, 6.45) is 5.75. The summed E-state index contributed by atoms with van der Waals surface area (Å²) in [4.78, 5) is 39.1. The van der Waals surface area contributed by atoms with Gasteiger partial charge in [-0.15, -0.1) is 0 Å². The van der Waals surface area contributed by atoms with E-state index in [1.807, 2.05) is 58.4 Å². The maximum Gasteiger partial charge on any atom is 0.498 e. The second-order valence-corrected chi connectivity index (χ2v) is 12.8. The summed E-state index contributed by atoms with van der Waals surface area (Å²) in [6.45, 7) is 18.6. The molecule has 38 heavy (non-hydrogen) atoms. The molecule has 1 N–H and O–H groups in total. The van der Waals surface area contributed by atoms with Crippen molar-refractivity contribution in [2.45, 2.75) is 110 Å². The molecule has 0 aliphatic carbocycles. The molecule has 3 rings (SSSR count).